The molecule has 0 bridgehead atoms. The lowest BCUT2D eigenvalue weighted by Crippen LogP contribution is -2.50. The molecular weight excluding hydrogens is 387 g/mol. The Morgan fingerprint density at radius 1 is 1.21 bits per heavy atom. The predicted octanol–water partition coefficient (Wildman–Crippen LogP) is 4.46. The molecule has 0 radical (unpaired) electrons. The standard InChI is InChI=1S/C23H25FN2O2S/c1-15(2)12-21(27)26-10-11-29-23(26)19-13-18(24)8-9-20(19)25(22(23)28)14-17-6-4-16(3)5-7-17/h4-9,13,15H,10-12,14H2,1-3H3/t23-/m0/s1. The summed E-state index contributed by atoms with van der Waals surface area (Å²) in [5.41, 5.74) is 3.43. The molecule has 2 aliphatic rings. The predicted molar refractivity (Wildman–Crippen MR) is 114 cm³/mol. The number of benzene rings is 2. The van der Waals surface area contributed by atoms with Gasteiger partial charge < -0.3 is 9.80 Å². The van der Waals surface area contributed by atoms with Gasteiger partial charge in [0.25, 0.3) is 5.91 Å². The monoisotopic (exact) mass is 412 g/mol. The Bertz CT molecular complexity index is 960. The summed E-state index contributed by atoms with van der Waals surface area (Å²) in [5.74, 6) is 0.252. The van der Waals surface area contributed by atoms with Crippen LogP contribution in [-0.4, -0.2) is 29.0 Å². The Morgan fingerprint density at radius 3 is 2.62 bits per heavy atom. The maximum Gasteiger partial charge on any atom is 0.268 e. The molecule has 1 atom stereocenters. The molecule has 0 N–H and O–H groups in total. The SMILES string of the molecule is Cc1ccc(CN2C(=O)[C@@]3(SCCN3C(=O)CC(C)C)c3cc(F)ccc32)cc1. The molecule has 0 aliphatic carbocycles. The minimum absolute atomic E-state index is 0.0502. The first-order valence-corrected chi connectivity index (χ1v) is 10.9. The van der Waals surface area contributed by atoms with Crippen LogP contribution < -0.4 is 4.90 Å². The van der Waals surface area contributed by atoms with Crippen LogP contribution in [0, 0.1) is 18.7 Å². The van der Waals surface area contributed by atoms with E-state index >= 15 is 0 Å². The highest BCUT2D eigenvalue weighted by atomic mass is 32.2. The molecular formula is C23H25FN2O2S. The van der Waals surface area contributed by atoms with Crippen LogP contribution in [0.5, 0.6) is 0 Å². The molecule has 6 heteroatoms. The highest BCUT2D eigenvalue weighted by Crippen LogP contribution is 2.54. The first-order valence-electron chi connectivity index (χ1n) is 9.95. The fourth-order valence-corrected chi connectivity index (χ4v) is 5.61. The second-order valence-corrected chi connectivity index (χ2v) is 9.46. The molecule has 1 spiro atoms. The molecule has 2 amide bonds. The van der Waals surface area contributed by atoms with Crippen molar-refractivity contribution in [3.63, 3.8) is 0 Å². The van der Waals surface area contributed by atoms with E-state index in [1.54, 1.807) is 15.9 Å². The van der Waals surface area contributed by atoms with Gasteiger partial charge in [-0.15, -0.1) is 11.8 Å². The lowest BCUT2D eigenvalue weighted by atomic mass is 10.0. The fraction of sp³-hybridized carbons (Fsp3) is 0.391. The number of carbonyl (C=O) groups excluding carboxylic acids is 2. The van der Waals surface area contributed by atoms with E-state index in [1.807, 2.05) is 45.0 Å². The number of fused-ring (bicyclic) bond motifs is 2. The number of anilines is 1. The van der Waals surface area contributed by atoms with Crippen molar-refractivity contribution < 1.29 is 14.0 Å². The van der Waals surface area contributed by atoms with Crippen LogP contribution in [0.25, 0.3) is 0 Å². The van der Waals surface area contributed by atoms with Gasteiger partial charge in [-0.25, -0.2) is 4.39 Å². The summed E-state index contributed by atoms with van der Waals surface area (Å²) in [6.07, 6.45) is 0.373. The van der Waals surface area contributed by atoms with E-state index in [4.69, 9.17) is 0 Å². The first kappa shape index (κ1) is 20.0. The van der Waals surface area contributed by atoms with Crippen LogP contribution in [0.1, 0.15) is 37.0 Å². The van der Waals surface area contributed by atoms with E-state index in [0.29, 0.717) is 36.5 Å². The molecule has 2 heterocycles. The van der Waals surface area contributed by atoms with Crippen molar-refractivity contribution in [1.82, 2.24) is 4.90 Å². The van der Waals surface area contributed by atoms with Crippen LogP contribution in [0.4, 0.5) is 10.1 Å². The minimum Gasteiger partial charge on any atom is -0.315 e. The summed E-state index contributed by atoms with van der Waals surface area (Å²) in [6.45, 7) is 6.89. The third kappa shape index (κ3) is 3.33. The van der Waals surface area contributed by atoms with Crippen molar-refractivity contribution in [3.8, 4) is 0 Å². The number of halogens is 1. The number of hydrogen-bond donors (Lipinski definition) is 0. The van der Waals surface area contributed by atoms with Gasteiger partial charge in [0.1, 0.15) is 5.82 Å². The van der Waals surface area contributed by atoms with Gasteiger partial charge in [0, 0.05) is 24.3 Å². The van der Waals surface area contributed by atoms with E-state index < -0.39 is 10.7 Å². The number of carbonyl (C=O) groups is 2. The van der Waals surface area contributed by atoms with Crippen LogP contribution >= 0.6 is 11.8 Å². The van der Waals surface area contributed by atoms with Crippen LogP contribution in [0.3, 0.4) is 0 Å². The number of hydrogen-bond acceptors (Lipinski definition) is 3. The maximum atomic E-state index is 14.2. The highest BCUT2D eigenvalue weighted by molar-refractivity contribution is 8.01. The van der Waals surface area contributed by atoms with Crippen molar-refractivity contribution in [2.75, 3.05) is 17.2 Å². The molecule has 29 heavy (non-hydrogen) atoms. The summed E-state index contributed by atoms with van der Waals surface area (Å²) in [4.78, 5) is 29.0. The fourth-order valence-electron chi connectivity index (χ4n) is 4.14. The number of thioether (sulfide) groups is 1. The summed E-state index contributed by atoms with van der Waals surface area (Å²) in [6, 6.07) is 12.5. The van der Waals surface area contributed by atoms with E-state index in [9.17, 15) is 14.0 Å². The van der Waals surface area contributed by atoms with E-state index in [0.717, 1.165) is 11.1 Å². The summed E-state index contributed by atoms with van der Waals surface area (Å²) >= 11 is 1.44. The van der Waals surface area contributed by atoms with Crippen molar-refractivity contribution in [1.29, 1.82) is 0 Å². The zero-order valence-corrected chi connectivity index (χ0v) is 17.8. The molecule has 152 valence electrons. The van der Waals surface area contributed by atoms with Crippen molar-refractivity contribution in [2.24, 2.45) is 5.92 Å². The largest absolute Gasteiger partial charge is 0.315 e. The zero-order valence-electron chi connectivity index (χ0n) is 16.9. The lowest BCUT2D eigenvalue weighted by molar-refractivity contribution is -0.140. The van der Waals surface area contributed by atoms with Gasteiger partial charge in [0.2, 0.25) is 5.91 Å². The van der Waals surface area contributed by atoms with Gasteiger partial charge in [0.15, 0.2) is 4.87 Å². The lowest BCUT2D eigenvalue weighted by Gasteiger charge is -2.33. The molecule has 0 unspecified atom stereocenters. The Balaban J connectivity index is 1.77. The zero-order chi connectivity index (χ0) is 20.8. The van der Waals surface area contributed by atoms with Gasteiger partial charge >= 0.3 is 0 Å². The molecule has 2 aromatic rings. The molecule has 1 fully saturated rings. The van der Waals surface area contributed by atoms with Gasteiger partial charge in [0.05, 0.1) is 12.2 Å². The summed E-state index contributed by atoms with van der Waals surface area (Å²) in [5, 5.41) is 0. The third-order valence-corrected chi connectivity index (χ3v) is 6.92. The van der Waals surface area contributed by atoms with E-state index in [1.165, 1.54) is 23.9 Å². The van der Waals surface area contributed by atoms with Gasteiger partial charge in [-0.3, -0.25) is 9.59 Å². The third-order valence-electron chi connectivity index (χ3n) is 5.50. The second-order valence-electron chi connectivity index (χ2n) is 8.17. The average molecular weight is 413 g/mol. The second kappa shape index (κ2) is 7.48. The Hall–Kier alpha value is -2.34. The number of aryl methyl sites for hydroxylation is 1. The molecule has 4 rings (SSSR count). The van der Waals surface area contributed by atoms with Crippen molar-refractivity contribution in [2.45, 2.75) is 38.6 Å². The smallest absolute Gasteiger partial charge is 0.268 e. The summed E-state index contributed by atoms with van der Waals surface area (Å²) < 4.78 is 14.2. The number of amides is 2. The van der Waals surface area contributed by atoms with E-state index in [2.05, 4.69) is 0 Å². The Kier molecular flexibility index (Phi) is 5.15. The summed E-state index contributed by atoms with van der Waals surface area (Å²) in [7, 11) is 0. The van der Waals surface area contributed by atoms with Crippen LogP contribution in [0.15, 0.2) is 42.5 Å². The molecule has 0 aromatic heterocycles. The van der Waals surface area contributed by atoms with Crippen LogP contribution in [-0.2, 0) is 21.0 Å². The van der Waals surface area contributed by atoms with Gasteiger partial charge in [-0.1, -0.05) is 43.7 Å². The number of nitrogens with zero attached hydrogens (tertiary/aromatic N) is 2. The average Bonchev–Trinajstić information content (AvgIpc) is 3.20. The maximum absolute atomic E-state index is 14.2. The van der Waals surface area contributed by atoms with Crippen molar-refractivity contribution in [3.05, 3.63) is 65.0 Å². The van der Waals surface area contributed by atoms with E-state index in [-0.39, 0.29) is 17.7 Å². The normalized spacial score (nSPS) is 20.8. The molecule has 0 saturated carbocycles. The quantitative estimate of drug-likeness (QED) is 0.745. The van der Waals surface area contributed by atoms with Gasteiger partial charge in [-0.2, -0.15) is 0 Å². The Morgan fingerprint density at radius 2 is 1.93 bits per heavy atom. The topological polar surface area (TPSA) is 40.6 Å². The van der Waals surface area contributed by atoms with Crippen LogP contribution in [0.2, 0.25) is 0 Å². The van der Waals surface area contributed by atoms with Crippen molar-refractivity contribution >= 4 is 29.3 Å². The Labute approximate surface area is 175 Å². The minimum atomic E-state index is -1.16. The highest BCUT2D eigenvalue weighted by Gasteiger charge is 2.59. The number of rotatable bonds is 4. The molecule has 4 nitrogen and oxygen atoms in total. The first-order chi connectivity index (χ1) is 13.8. The van der Waals surface area contributed by atoms with Gasteiger partial charge in [-0.05, 0) is 36.6 Å². The molecule has 2 aromatic carbocycles. The molecule has 2 aliphatic heterocycles. The molecule has 1 saturated heterocycles.